The van der Waals surface area contributed by atoms with Gasteiger partial charge in [0.15, 0.2) is 11.6 Å². The Morgan fingerprint density at radius 2 is 1.80 bits per heavy atom. The fourth-order valence-electron chi connectivity index (χ4n) is 2.03. The summed E-state index contributed by atoms with van der Waals surface area (Å²) in [4.78, 5) is 4.57. The van der Waals surface area contributed by atoms with Crippen molar-refractivity contribution in [3.05, 3.63) is 53.6 Å². The molecule has 1 aromatic heterocycles. The maximum Gasteiger partial charge on any atom is 0.181 e. The molecule has 0 spiro atoms. The zero-order valence-corrected chi connectivity index (χ0v) is 11.7. The van der Waals surface area contributed by atoms with Gasteiger partial charge >= 0.3 is 0 Å². The first-order valence-electron chi connectivity index (χ1n) is 6.17. The smallest absolute Gasteiger partial charge is 0.181 e. The Hall–Kier alpha value is -2.33. The number of hydrogen-bond acceptors (Lipinski definition) is 3. The summed E-state index contributed by atoms with van der Waals surface area (Å²) >= 11 is 5.94. The minimum absolute atomic E-state index is 0.536. The summed E-state index contributed by atoms with van der Waals surface area (Å²) in [6.07, 6.45) is 0. The lowest BCUT2D eigenvalue weighted by Gasteiger charge is -2.02. The van der Waals surface area contributed by atoms with Crippen molar-refractivity contribution >= 4 is 17.3 Å². The van der Waals surface area contributed by atoms with Gasteiger partial charge < -0.3 is 5.73 Å². The summed E-state index contributed by atoms with van der Waals surface area (Å²) < 4.78 is 1.74. The van der Waals surface area contributed by atoms with Crippen molar-refractivity contribution in [2.75, 3.05) is 5.73 Å². The van der Waals surface area contributed by atoms with E-state index in [1.54, 1.807) is 16.8 Å². The highest BCUT2D eigenvalue weighted by atomic mass is 35.5. The van der Waals surface area contributed by atoms with Crippen molar-refractivity contribution in [3.8, 4) is 22.8 Å². The van der Waals surface area contributed by atoms with E-state index in [1.807, 2.05) is 43.4 Å². The summed E-state index contributed by atoms with van der Waals surface area (Å²) in [5.74, 6) is 1.45. The van der Waals surface area contributed by atoms with Crippen LogP contribution in [0.5, 0.6) is 0 Å². The average Bonchev–Trinajstić information content (AvgIpc) is 2.85. The highest BCUT2D eigenvalue weighted by molar-refractivity contribution is 6.33. The fourth-order valence-corrected chi connectivity index (χ4v) is 2.15. The Balaban J connectivity index is 2.07. The van der Waals surface area contributed by atoms with Crippen molar-refractivity contribution < 1.29 is 0 Å². The number of halogens is 1. The molecule has 3 rings (SSSR count). The summed E-state index contributed by atoms with van der Waals surface area (Å²) in [5.41, 5.74) is 8.25. The second kappa shape index (κ2) is 4.98. The number of nitrogen functional groups attached to an aromatic ring is 1. The number of nitrogens with two attached hydrogens (primary N) is 1. The molecule has 2 aromatic carbocycles. The summed E-state index contributed by atoms with van der Waals surface area (Å²) in [7, 11) is 1.86. The van der Waals surface area contributed by atoms with E-state index in [9.17, 15) is 0 Å². The van der Waals surface area contributed by atoms with Crippen molar-refractivity contribution in [3.63, 3.8) is 0 Å². The molecule has 0 radical (unpaired) electrons. The minimum Gasteiger partial charge on any atom is -0.398 e. The van der Waals surface area contributed by atoms with Gasteiger partial charge in [0.25, 0.3) is 0 Å². The molecule has 20 heavy (non-hydrogen) atoms. The van der Waals surface area contributed by atoms with Crippen LogP contribution in [0.1, 0.15) is 0 Å². The van der Waals surface area contributed by atoms with Gasteiger partial charge in [0.05, 0.1) is 10.7 Å². The third-order valence-electron chi connectivity index (χ3n) is 3.05. The Labute approximate surface area is 121 Å². The number of aromatic nitrogens is 3. The minimum atomic E-state index is 0.536. The van der Waals surface area contributed by atoms with E-state index in [1.165, 1.54) is 0 Å². The van der Waals surface area contributed by atoms with E-state index in [-0.39, 0.29) is 0 Å². The van der Waals surface area contributed by atoms with Crippen LogP contribution in [0, 0.1) is 0 Å². The first-order chi connectivity index (χ1) is 9.65. The first kappa shape index (κ1) is 12.7. The molecule has 100 valence electrons. The van der Waals surface area contributed by atoms with Gasteiger partial charge in [-0.3, -0.25) is 0 Å². The van der Waals surface area contributed by atoms with Crippen molar-refractivity contribution in [1.82, 2.24) is 14.8 Å². The number of benzene rings is 2. The van der Waals surface area contributed by atoms with Crippen LogP contribution in [0.4, 0.5) is 5.69 Å². The molecule has 0 fully saturated rings. The largest absolute Gasteiger partial charge is 0.398 e. The lowest BCUT2D eigenvalue weighted by Crippen LogP contribution is -1.95. The van der Waals surface area contributed by atoms with E-state index in [4.69, 9.17) is 17.3 Å². The van der Waals surface area contributed by atoms with Gasteiger partial charge in [-0.25, -0.2) is 9.67 Å². The van der Waals surface area contributed by atoms with Gasteiger partial charge in [0.1, 0.15) is 0 Å². The SMILES string of the molecule is Cn1nc(-c2ccccc2)nc1-c1ccc(Cl)c(N)c1. The number of rotatable bonds is 2. The van der Waals surface area contributed by atoms with Crippen LogP contribution in [0.2, 0.25) is 5.02 Å². The summed E-state index contributed by atoms with van der Waals surface area (Å²) in [5, 5.41) is 4.98. The monoisotopic (exact) mass is 284 g/mol. The van der Waals surface area contributed by atoms with E-state index in [0.29, 0.717) is 16.5 Å². The molecule has 3 aromatic rings. The van der Waals surface area contributed by atoms with Gasteiger partial charge in [-0.15, -0.1) is 0 Å². The zero-order valence-electron chi connectivity index (χ0n) is 10.9. The zero-order chi connectivity index (χ0) is 14.1. The Kier molecular flexibility index (Phi) is 3.16. The van der Waals surface area contributed by atoms with E-state index in [0.717, 1.165) is 17.0 Å². The molecule has 2 N–H and O–H groups in total. The van der Waals surface area contributed by atoms with Crippen LogP contribution >= 0.6 is 11.6 Å². The fraction of sp³-hybridized carbons (Fsp3) is 0.0667. The quantitative estimate of drug-likeness (QED) is 0.734. The van der Waals surface area contributed by atoms with Crippen LogP contribution < -0.4 is 5.73 Å². The number of anilines is 1. The molecule has 0 saturated carbocycles. The van der Waals surface area contributed by atoms with Crippen molar-refractivity contribution in [2.45, 2.75) is 0 Å². The first-order valence-corrected chi connectivity index (χ1v) is 6.55. The maximum atomic E-state index is 5.94. The topological polar surface area (TPSA) is 56.7 Å². The molecular weight excluding hydrogens is 272 g/mol. The van der Waals surface area contributed by atoms with Crippen LogP contribution in [-0.2, 0) is 7.05 Å². The lowest BCUT2D eigenvalue weighted by molar-refractivity contribution is 0.777. The molecule has 5 heteroatoms. The van der Waals surface area contributed by atoms with Gasteiger partial charge in [-0.05, 0) is 18.2 Å². The number of nitrogens with zero attached hydrogens (tertiary/aromatic N) is 3. The Morgan fingerprint density at radius 1 is 1.05 bits per heavy atom. The molecule has 0 aliphatic rings. The van der Waals surface area contributed by atoms with Gasteiger partial charge in [0.2, 0.25) is 0 Å². The number of hydrogen-bond donors (Lipinski definition) is 1. The molecule has 0 bridgehead atoms. The summed E-state index contributed by atoms with van der Waals surface area (Å²) in [6.45, 7) is 0. The predicted molar refractivity (Wildman–Crippen MR) is 81.3 cm³/mol. The molecule has 1 heterocycles. The predicted octanol–water partition coefficient (Wildman–Crippen LogP) is 3.38. The van der Waals surface area contributed by atoms with Gasteiger partial charge in [-0.2, -0.15) is 5.10 Å². The molecule has 0 amide bonds. The third kappa shape index (κ3) is 2.26. The molecule has 0 saturated heterocycles. The van der Waals surface area contributed by atoms with E-state index < -0.39 is 0 Å². The van der Waals surface area contributed by atoms with E-state index in [2.05, 4.69) is 10.1 Å². The molecule has 0 aliphatic carbocycles. The second-order valence-electron chi connectivity index (χ2n) is 4.48. The van der Waals surface area contributed by atoms with Crippen molar-refractivity contribution in [2.24, 2.45) is 7.05 Å². The molecule has 4 nitrogen and oxygen atoms in total. The third-order valence-corrected chi connectivity index (χ3v) is 3.39. The van der Waals surface area contributed by atoms with Crippen LogP contribution in [0.3, 0.4) is 0 Å². The average molecular weight is 285 g/mol. The second-order valence-corrected chi connectivity index (χ2v) is 4.89. The Bertz CT molecular complexity index is 750. The number of aryl methyl sites for hydroxylation is 1. The van der Waals surface area contributed by atoms with Crippen LogP contribution in [0.25, 0.3) is 22.8 Å². The highest BCUT2D eigenvalue weighted by Gasteiger charge is 2.11. The normalized spacial score (nSPS) is 10.7. The van der Waals surface area contributed by atoms with Gasteiger partial charge in [-0.1, -0.05) is 41.9 Å². The lowest BCUT2D eigenvalue weighted by atomic mass is 10.2. The Morgan fingerprint density at radius 3 is 2.50 bits per heavy atom. The molecule has 0 aliphatic heterocycles. The van der Waals surface area contributed by atoms with Crippen LogP contribution in [0.15, 0.2) is 48.5 Å². The standard InChI is InChI=1S/C15H13ClN4/c1-20-15(11-7-8-12(16)13(17)9-11)18-14(19-20)10-5-3-2-4-6-10/h2-9H,17H2,1H3. The molecular formula is C15H13ClN4. The van der Waals surface area contributed by atoms with Crippen LogP contribution in [-0.4, -0.2) is 14.8 Å². The van der Waals surface area contributed by atoms with Gasteiger partial charge in [0, 0.05) is 18.2 Å². The van der Waals surface area contributed by atoms with Crippen molar-refractivity contribution in [1.29, 1.82) is 0 Å². The molecule has 0 unspecified atom stereocenters. The van der Waals surface area contributed by atoms with E-state index >= 15 is 0 Å². The molecule has 0 atom stereocenters. The summed E-state index contributed by atoms with van der Waals surface area (Å²) in [6, 6.07) is 15.3. The highest BCUT2D eigenvalue weighted by Crippen LogP contribution is 2.27. The maximum absolute atomic E-state index is 5.94.